The van der Waals surface area contributed by atoms with Crippen LogP contribution in [0.25, 0.3) is 0 Å². The highest BCUT2D eigenvalue weighted by atomic mass is 35.5. The molecule has 0 bridgehead atoms. The first-order valence-corrected chi connectivity index (χ1v) is 9.71. The third-order valence-corrected chi connectivity index (χ3v) is 6.76. The average molecular weight is 369 g/mol. The maximum atomic E-state index is 13.0. The van der Waals surface area contributed by atoms with Gasteiger partial charge in [-0.1, -0.05) is 30.5 Å². The number of benzene rings is 1. The second kappa shape index (κ2) is 8.59. The van der Waals surface area contributed by atoms with Crippen LogP contribution in [0.4, 0.5) is 0 Å². The highest BCUT2D eigenvalue weighted by Crippen LogP contribution is 2.45. The van der Waals surface area contributed by atoms with Gasteiger partial charge in [-0.2, -0.15) is 0 Å². The fourth-order valence-electron chi connectivity index (χ4n) is 3.73. The second-order valence-electron chi connectivity index (χ2n) is 7.20. The monoisotopic (exact) mass is 368 g/mol. The predicted octanol–water partition coefficient (Wildman–Crippen LogP) is 4.21. The zero-order valence-electron chi connectivity index (χ0n) is 14.4. The number of amides is 1. The van der Waals surface area contributed by atoms with E-state index in [1.165, 1.54) is 10.5 Å². The van der Waals surface area contributed by atoms with Crippen LogP contribution in [0.2, 0.25) is 0 Å². The zero-order chi connectivity index (χ0) is 16.3. The van der Waals surface area contributed by atoms with Gasteiger partial charge in [-0.05, 0) is 57.6 Å². The van der Waals surface area contributed by atoms with Crippen LogP contribution in [0, 0.1) is 6.92 Å². The second-order valence-corrected chi connectivity index (χ2v) is 8.66. The van der Waals surface area contributed by atoms with Gasteiger partial charge in [-0.15, -0.1) is 24.2 Å². The van der Waals surface area contributed by atoms with Gasteiger partial charge in [0.15, 0.2) is 0 Å². The molecule has 1 aromatic rings. The lowest BCUT2D eigenvalue weighted by Crippen LogP contribution is -2.48. The lowest BCUT2D eigenvalue weighted by atomic mass is 9.91. The van der Waals surface area contributed by atoms with Gasteiger partial charge in [0.1, 0.15) is 0 Å². The number of thioether (sulfide) groups is 1. The van der Waals surface area contributed by atoms with E-state index in [1.807, 2.05) is 0 Å². The molecular weight excluding hydrogens is 340 g/mol. The lowest BCUT2D eigenvalue weighted by Gasteiger charge is -2.32. The van der Waals surface area contributed by atoms with Crippen LogP contribution in [0.1, 0.15) is 56.9 Å². The molecule has 3 rings (SSSR count). The van der Waals surface area contributed by atoms with E-state index in [0.29, 0.717) is 12.1 Å². The first kappa shape index (κ1) is 19.6. The van der Waals surface area contributed by atoms with Crippen molar-refractivity contribution in [2.75, 3.05) is 0 Å². The van der Waals surface area contributed by atoms with Crippen LogP contribution in [-0.2, 0) is 4.79 Å². The number of aryl methyl sites for hydroxylation is 1. The summed E-state index contributed by atoms with van der Waals surface area (Å²) in [6.07, 6.45) is 8.40. The van der Waals surface area contributed by atoms with Gasteiger partial charge >= 0.3 is 0 Å². The molecule has 0 atom stereocenters. The van der Waals surface area contributed by atoms with E-state index in [2.05, 4.69) is 36.5 Å². The van der Waals surface area contributed by atoms with Crippen molar-refractivity contribution < 1.29 is 4.79 Å². The minimum atomic E-state index is -0.269. The number of rotatable bonds is 4. The van der Waals surface area contributed by atoms with E-state index < -0.39 is 0 Å². The number of nitrogens with two attached hydrogens (primary N) is 1. The van der Waals surface area contributed by atoms with Gasteiger partial charge in [0.25, 0.3) is 0 Å². The summed E-state index contributed by atoms with van der Waals surface area (Å²) in [5, 5.41) is 3.34. The quantitative estimate of drug-likeness (QED) is 0.837. The molecule has 0 spiro atoms. The van der Waals surface area contributed by atoms with Crippen molar-refractivity contribution in [2.45, 2.75) is 80.0 Å². The molecule has 3 nitrogen and oxygen atoms in total. The Labute approximate surface area is 155 Å². The molecule has 0 aromatic heterocycles. The molecule has 1 amide bonds. The number of nitrogens with one attached hydrogen (secondary N) is 1. The van der Waals surface area contributed by atoms with Gasteiger partial charge in [-0.25, -0.2) is 0 Å². The van der Waals surface area contributed by atoms with Crippen molar-refractivity contribution in [3.63, 3.8) is 0 Å². The molecule has 1 aromatic carbocycles. The van der Waals surface area contributed by atoms with Gasteiger partial charge in [0.2, 0.25) is 5.91 Å². The standard InChI is InChI=1S/C19H28N2OS.ClH/c1-14-4-10-17(11-5-14)23-19(12-2-3-13-19)18(22)21-16-8-6-15(20)7-9-16;/h4-5,10-11,15-16H,2-3,6-9,12-13,20H2,1H3,(H,21,22);1H. The fourth-order valence-corrected chi connectivity index (χ4v) is 5.10. The lowest BCUT2D eigenvalue weighted by molar-refractivity contribution is -0.124. The van der Waals surface area contributed by atoms with E-state index in [4.69, 9.17) is 5.73 Å². The van der Waals surface area contributed by atoms with Gasteiger partial charge in [0.05, 0.1) is 4.75 Å². The van der Waals surface area contributed by atoms with E-state index >= 15 is 0 Å². The topological polar surface area (TPSA) is 55.1 Å². The summed E-state index contributed by atoms with van der Waals surface area (Å²) in [4.78, 5) is 14.2. The summed E-state index contributed by atoms with van der Waals surface area (Å²) in [7, 11) is 0. The molecule has 0 unspecified atom stereocenters. The van der Waals surface area contributed by atoms with E-state index in [-0.39, 0.29) is 23.1 Å². The summed E-state index contributed by atoms with van der Waals surface area (Å²) >= 11 is 1.77. The maximum Gasteiger partial charge on any atom is 0.236 e. The molecule has 0 radical (unpaired) electrons. The molecule has 24 heavy (non-hydrogen) atoms. The summed E-state index contributed by atoms with van der Waals surface area (Å²) in [6, 6.07) is 9.19. The molecular formula is C19H29ClN2OS. The molecule has 0 aliphatic heterocycles. The highest BCUT2D eigenvalue weighted by molar-refractivity contribution is 8.01. The van der Waals surface area contributed by atoms with Crippen molar-refractivity contribution in [3.05, 3.63) is 29.8 Å². The smallest absolute Gasteiger partial charge is 0.236 e. The zero-order valence-corrected chi connectivity index (χ0v) is 16.1. The van der Waals surface area contributed by atoms with Crippen LogP contribution < -0.4 is 11.1 Å². The molecule has 2 fully saturated rings. The fraction of sp³-hybridized carbons (Fsp3) is 0.632. The minimum absolute atomic E-state index is 0. The van der Waals surface area contributed by atoms with E-state index in [9.17, 15) is 4.79 Å². The van der Waals surface area contributed by atoms with E-state index in [1.54, 1.807) is 11.8 Å². The van der Waals surface area contributed by atoms with Crippen molar-refractivity contribution >= 4 is 30.1 Å². The first-order chi connectivity index (χ1) is 11.1. The van der Waals surface area contributed by atoms with Gasteiger partial charge < -0.3 is 11.1 Å². The molecule has 5 heteroatoms. The largest absolute Gasteiger partial charge is 0.352 e. The minimum Gasteiger partial charge on any atom is -0.352 e. The summed E-state index contributed by atoms with van der Waals surface area (Å²) in [5.41, 5.74) is 7.24. The number of carbonyl (C=O) groups is 1. The number of hydrogen-bond donors (Lipinski definition) is 2. The number of halogens is 1. The van der Waals surface area contributed by atoms with Gasteiger partial charge in [-0.3, -0.25) is 4.79 Å². The van der Waals surface area contributed by atoms with Crippen molar-refractivity contribution in [3.8, 4) is 0 Å². The Morgan fingerprint density at radius 2 is 1.71 bits per heavy atom. The van der Waals surface area contributed by atoms with Crippen molar-refractivity contribution in [2.24, 2.45) is 5.73 Å². The molecule has 0 saturated heterocycles. The first-order valence-electron chi connectivity index (χ1n) is 8.90. The summed E-state index contributed by atoms with van der Waals surface area (Å²) in [6.45, 7) is 2.10. The summed E-state index contributed by atoms with van der Waals surface area (Å²) in [5.74, 6) is 0.251. The summed E-state index contributed by atoms with van der Waals surface area (Å²) < 4.78 is -0.269. The molecule has 3 N–H and O–H groups in total. The van der Waals surface area contributed by atoms with Crippen LogP contribution in [0.3, 0.4) is 0 Å². The maximum absolute atomic E-state index is 13.0. The Balaban J connectivity index is 0.00000208. The third-order valence-electron chi connectivity index (χ3n) is 5.27. The Morgan fingerprint density at radius 1 is 1.12 bits per heavy atom. The van der Waals surface area contributed by atoms with Crippen LogP contribution in [-0.4, -0.2) is 22.7 Å². The molecule has 2 aliphatic rings. The number of carbonyl (C=O) groups excluding carboxylic acids is 1. The Hall–Kier alpha value is -0.710. The molecule has 2 aliphatic carbocycles. The Bertz CT molecular complexity index is 535. The van der Waals surface area contributed by atoms with Crippen LogP contribution in [0.5, 0.6) is 0 Å². The third kappa shape index (κ3) is 4.68. The predicted molar refractivity (Wildman–Crippen MR) is 104 cm³/mol. The average Bonchev–Trinajstić information content (AvgIpc) is 3.02. The normalized spacial score (nSPS) is 25.8. The SMILES string of the molecule is Cc1ccc(SC2(C(=O)NC3CCC(N)CC3)CCCC2)cc1.Cl. The van der Waals surface area contributed by atoms with Crippen molar-refractivity contribution in [1.82, 2.24) is 5.32 Å². The highest BCUT2D eigenvalue weighted by Gasteiger charge is 2.43. The Kier molecular flexibility index (Phi) is 7.02. The molecule has 2 saturated carbocycles. The van der Waals surface area contributed by atoms with Crippen LogP contribution in [0.15, 0.2) is 29.2 Å². The Morgan fingerprint density at radius 3 is 2.29 bits per heavy atom. The number of hydrogen-bond acceptors (Lipinski definition) is 3. The molecule has 0 heterocycles. The van der Waals surface area contributed by atoms with Gasteiger partial charge in [0, 0.05) is 17.0 Å². The molecule has 134 valence electrons. The van der Waals surface area contributed by atoms with Crippen LogP contribution >= 0.6 is 24.2 Å². The van der Waals surface area contributed by atoms with E-state index in [0.717, 1.165) is 51.4 Å². The van der Waals surface area contributed by atoms with Crippen molar-refractivity contribution in [1.29, 1.82) is 0 Å².